The van der Waals surface area contributed by atoms with Crippen LogP contribution >= 0.6 is 22.6 Å². The maximum absolute atomic E-state index is 13.8. The largest absolute Gasteiger partial charge is 0.482 e. The highest BCUT2D eigenvalue weighted by Gasteiger charge is 2.41. The third-order valence-electron chi connectivity index (χ3n) is 8.46. The van der Waals surface area contributed by atoms with E-state index < -0.39 is 18.2 Å². The van der Waals surface area contributed by atoms with Gasteiger partial charge in [-0.3, -0.25) is 9.59 Å². The Balaban J connectivity index is 1.58. The van der Waals surface area contributed by atoms with Crippen LogP contribution in [0.25, 0.3) is 0 Å². The normalized spacial score (nSPS) is 24.6. The predicted molar refractivity (Wildman–Crippen MR) is 156 cm³/mol. The molecule has 0 radical (unpaired) electrons. The van der Waals surface area contributed by atoms with E-state index >= 15 is 0 Å². The van der Waals surface area contributed by atoms with Crippen LogP contribution in [0.3, 0.4) is 0 Å². The zero-order chi connectivity index (χ0) is 26.9. The van der Waals surface area contributed by atoms with Crippen LogP contribution in [0.15, 0.2) is 35.9 Å². The Hall–Kier alpha value is -1.65. The van der Waals surface area contributed by atoms with E-state index in [0.29, 0.717) is 36.1 Å². The van der Waals surface area contributed by atoms with Crippen molar-refractivity contribution >= 4 is 34.4 Å². The van der Waals surface area contributed by atoms with Crippen molar-refractivity contribution < 1.29 is 24.5 Å². The minimum absolute atomic E-state index is 0.0802. The Labute approximate surface area is 240 Å². The number of ether oxygens (including phenoxy) is 1. The molecule has 4 rings (SSSR count). The number of carbonyl (C=O) groups is 2. The molecule has 3 N–H and O–H groups in total. The van der Waals surface area contributed by atoms with Crippen molar-refractivity contribution in [2.24, 2.45) is 11.8 Å². The lowest BCUT2D eigenvalue weighted by Crippen LogP contribution is -2.56. The van der Waals surface area contributed by atoms with E-state index in [2.05, 4.69) is 27.9 Å². The summed E-state index contributed by atoms with van der Waals surface area (Å²) >= 11 is 2.20. The number of benzene rings is 1. The molecular weight excluding hydrogens is 595 g/mol. The zero-order valence-electron chi connectivity index (χ0n) is 22.3. The second-order valence-corrected chi connectivity index (χ2v) is 12.3. The summed E-state index contributed by atoms with van der Waals surface area (Å²) in [5, 5.41) is 23.6. The molecule has 210 valence electrons. The fourth-order valence-corrected chi connectivity index (χ4v) is 6.82. The van der Waals surface area contributed by atoms with Crippen molar-refractivity contribution in [2.75, 3.05) is 19.7 Å². The monoisotopic (exact) mass is 638 g/mol. The fraction of sp³-hybridized carbons (Fsp3) is 0.667. The molecule has 0 heterocycles. The Kier molecular flexibility index (Phi) is 11.3. The lowest BCUT2D eigenvalue weighted by molar-refractivity contribution is -0.140. The molecule has 38 heavy (non-hydrogen) atoms. The molecule has 7 nitrogen and oxygen atoms in total. The average molecular weight is 639 g/mol. The fourth-order valence-electron chi connectivity index (χ4n) is 6.31. The van der Waals surface area contributed by atoms with Crippen LogP contribution in [0.2, 0.25) is 0 Å². The number of halogens is 1. The Bertz CT molecular complexity index is 958. The summed E-state index contributed by atoms with van der Waals surface area (Å²) in [5.74, 6) is 1.46. The summed E-state index contributed by atoms with van der Waals surface area (Å²) in [6, 6.07) is 7.05. The van der Waals surface area contributed by atoms with E-state index in [-0.39, 0.29) is 31.4 Å². The van der Waals surface area contributed by atoms with Gasteiger partial charge in [0.2, 0.25) is 11.8 Å². The highest BCUT2D eigenvalue weighted by Crippen LogP contribution is 2.34. The second-order valence-electron chi connectivity index (χ2n) is 11.2. The Morgan fingerprint density at radius 3 is 2.42 bits per heavy atom. The first-order valence-corrected chi connectivity index (χ1v) is 15.5. The summed E-state index contributed by atoms with van der Waals surface area (Å²) in [7, 11) is 0. The summed E-state index contributed by atoms with van der Waals surface area (Å²) in [6.07, 6.45) is 12.3. The van der Waals surface area contributed by atoms with E-state index in [1.165, 1.54) is 44.9 Å². The quantitative estimate of drug-likeness (QED) is 0.308. The number of hydrogen-bond acceptors (Lipinski definition) is 5. The van der Waals surface area contributed by atoms with Crippen LogP contribution in [0.1, 0.15) is 77.0 Å². The zero-order valence-corrected chi connectivity index (χ0v) is 24.5. The van der Waals surface area contributed by atoms with Gasteiger partial charge >= 0.3 is 0 Å². The van der Waals surface area contributed by atoms with Crippen LogP contribution in [-0.2, 0) is 9.59 Å². The van der Waals surface area contributed by atoms with Gasteiger partial charge in [-0.05, 0) is 71.9 Å². The van der Waals surface area contributed by atoms with Crippen LogP contribution < -0.4 is 10.1 Å². The predicted octanol–water partition coefficient (Wildman–Crippen LogP) is 4.59. The van der Waals surface area contributed by atoms with Crippen LogP contribution in [0, 0.1) is 15.4 Å². The lowest BCUT2D eigenvalue weighted by atomic mass is 9.85. The van der Waals surface area contributed by atoms with Gasteiger partial charge in [0.15, 0.2) is 0 Å². The smallest absolute Gasteiger partial charge is 0.247 e. The van der Waals surface area contributed by atoms with Gasteiger partial charge in [0.05, 0.1) is 16.2 Å². The minimum atomic E-state index is -0.959. The second kappa shape index (κ2) is 14.7. The van der Waals surface area contributed by atoms with Gasteiger partial charge < -0.3 is 25.2 Å². The number of para-hydroxylation sites is 1. The van der Waals surface area contributed by atoms with Crippen molar-refractivity contribution in [1.82, 2.24) is 10.2 Å². The third-order valence-corrected chi connectivity index (χ3v) is 9.35. The van der Waals surface area contributed by atoms with E-state index in [0.717, 1.165) is 22.8 Å². The molecule has 0 bridgehead atoms. The molecule has 1 aromatic rings. The maximum Gasteiger partial charge on any atom is 0.247 e. The number of aliphatic hydroxyl groups is 2. The van der Waals surface area contributed by atoms with Gasteiger partial charge in [-0.2, -0.15) is 0 Å². The van der Waals surface area contributed by atoms with Crippen LogP contribution in [0.4, 0.5) is 0 Å². The first kappa shape index (κ1) is 29.3. The van der Waals surface area contributed by atoms with Gasteiger partial charge in [0.1, 0.15) is 18.0 Å². The minimum Gasteiger partial charge on any atom is -0.482 e. The van der Waals surface area contributed by atoms with Gasteiger partial charge in [0.25, 0.3) is 0 Å². The third kappa shape index (κ3) is 7.94. The summed E-state index contributed by atoms with van der Waals surface area (Å²) in [4.78, 5) is 28.7. The molecular formula is C30H43IN2O5. The number of aliphatic hydroxyl groups excluding tert-OH is 2. The van der Waals surface area contributed by atoms with Gasteiger partial charge in [0, 0.05) is 31.5 Å². The van der Waals surface area contributed by atoms with Crippen molar-refractivity contribution in [3.05, 3.63) is 39.5 Å². The average Bonchev–Trinajstić information content (AvgIpc) is 3.46. The maximum atomic E-state index is 13.8. The molecule has 0 spiro atoms. The summed E-state index contributed by atoms with van der Waals surface area (Å²) in [5.41, 5.74) is 0.488. The summed E-state index contributed by atoms with van der Waals surface area (Å²) in [6.45, 7) is 0.616. The van der Waals surface area contributed by atoms with Crippen molar-refractivity contribution in [1.29, 1.82) is 0 Å². The standard InChI is InChI=1S/C30H43IN2O5/c31-24-12-6-7-13-26(24)38-27-19-23(30(37)32-16-17-34)18-25(29(27)36)33(20-22-10-2-1-3-11-22)28(35)15-14-21-8-4-5-9-21/h6-7,12-13,19,21-22,25,27,29,34,36H,1-5,8-11,14-18,20H2,(H,32,37). The molecule has 2 amide bonds. The number of hydrogen-bond donors (Lipinski definition) is 3. The molecule has 0 aliphatic heterocycles. The molecule has 1 aromatic carbocycles. The highest BCUT2D eigenvalue weighted by atomic mass is 127. The number of amides is 2. The van der Waals surface area contributed by atoms with Crippen LogP contribution in [0.5, 0.6) is 5.75 Å². The molecule has 3 atom stereocenters. The topological polar surface area (TPSA) is 99.1 Å². The van der Waals surface area contributed by atoms with E-state index in [4.69, 9.17) is 4.74 Å². The van der Waals surface area contributed by atoms with Gasteiger partial charge in [-0.1, -0.05) is 57.1 Å². The Morgan fingerprint density at radius 2 is 1.71 bits per heavy atom. The molecule has 2 fully saturated rings. The van der Waals surface area contributed by atoms with Gasteiger partial charge in [-0.15, -0.1) is 0 Å². The number of nitrogens with zero attached hydrogens (tertiary/aromatic N) is 1. The number of rotatable bonds is 11. The molecule has 3 aliphatic rings. The first-order chi connectivity index (χ1) is 18.5. The molecule has 3 aliphatic carbocycles. The molecule has 8 heteroatoms. The van der Waals surface area contributed by atoms with Gasteiger partial charge in [-0.25, -0.2) is 0 Å². The molecule has 0 saturated heterocycles. The van der Waals surface area contributed by atoms with E-state index in [9.17, 15) is 19.8 Å². The number of nitrogens with one attached hydrogen (secondary N) is 1. The summed E-state index contributed by atoms with van der Waals surface area (Å²) < 4.78 is 7.18. The van der Waals surface area contributed by atoms with Crippen molar-refractivity contribution in [2.45, 2.75) is 95.3 Å². The van der Waals surface area contributed by atoms with Crippen molar-refractivity contribution in [3.63, 3.8) is 0 Å². The number of carbonyl (C=O) groups excluding carboxylic acids is 2. The van der Waals surface area contributed by atoms with E-state index in [1.807, 2.05) is 29.2 Å². The lowest BCUT2D eigenvalue weighted by Gasteiger charge is -2.42. The van der Waals surface area contributed by atoms with Crippen LogP contribution in [-0.4, -0.2) is 64.9 Å². The highest BCUT2D eigenvalue weighted by molar-refractivity contribution is 14.1. The van der Waals surface area contributed by atoms with E-state index in [1.54, 1.807) is 6.08 Å². The Morgan fingerprint density at radius 1 is 1.03 bits per heavy atom. The molecule has 3 unspecified atom stereocenters. The molecule has 0 aromatic heterocycles. The molecule has 2 saturated carbocycles. The first-order valence-electron chi connectivity index (χ1n) is 14.4. The van der Waals surface area contributed by atoms with Crippen molar-refractivity contribution in [3.8, 4) is 5.75 Å². The SMILES string of the molecule is O=C(NCCO)C1=CC(Oc2ccccc2I)C(O)C(N(CC2CCCCC2)C(=O)CCC2CCCC2)C1.